The number of carbonyl (C=O) groups excluding carboxylic acids is 1. The van der Waals surface area contributed by atoms with E-state index in [0.717, 1.165) is 10.0 Å². The van der Waals surface area contributed by atoms with E-state index in [-0.39, 0.29) is 5.78 Å². The lowest BCUT2D eigenvalue weighted by Gasteiger charge is -2.07. The quantitative estimate of drug-likeness (QED) is 0.797. The van der Waals surface area contributed by atoms with Gasteiger partial charge in [0.15, 0.2) is 0 Å². The van der Waals surface area contributed by atoms with Crippen LogP contribution in [0.25, 0.3) is 0 Å². The van der Waals surface area contributed by atoms with Crippen LogP contribution < -0.4 is 0 Å². The molecule has 17 heavy (non-hydrogen) atoms. The molecule has 0 saturated heterocycles. The molecule has 3 nitrogen and oxygen atoms in total. The van der Waals surface area contributed by atoms with Gasteiger partial charge in [-0.1, -0.05) is 39.7 Å². The Morgan fingerprint density at radius 1 is 1.47 bits per heavy atom. The average Bonchev–Trinajstić information content (AvgIpc) is 2.62. The van der Waals surface area contributed by atoms with Gasteiger partial charge in [-0.15, -0.1) is 0 Å². The summed E-state index contributed by atoms with van der Waals surface area (Å²) in [5, 5.41) is 4.34. The molecule has 0 amide bonds. The summed E-state index contributed by atoms with van der Waals surface area (Å²) in [6, 6.07) is 5.51. The van der Waals surface area contributed by atoms with Crippen LogP contribution >= 0.6 is 27.5 Å². The lowest BCUT2D eigenvalue weighted by Crippen LogP contribution is -2.10. The van der Waals surface area contributed by atoms with Gasteiger partial charge in [0.2, 0.25) is 5.78 Å². The van der Waals surface area contributed by atoms with E-state index in [0.29, 0.717) is 16.3 Å². The number of hydrogen-bond donors (Lipinski definition) is 0. The van der Waals surface area contributed by atoms with E-state index < -0.39 is 0 Å². The number of ketones is 1. The third-order valence-corrected chi connectivity index (χ3v) is 3.76. The summed E-state index contributed by atoms with van der Waals surface area (Å²) in [7, 11) is 1.70. The third-order valence-electron chi connectivity index (χ3n) is 2.62. The number of rotatable bonds is 2. The van der Waals surface area contributed by atoms with Crippen molar-refractivity contribution in [2.45, 2.75) is 6.92 Å². The molecule has 1 aromatic heterocycles. The first-order valence-corrected chi connectivity index (χ1v) is 6.16. The van der Waals surface area contributed by atoms with Gasteiger partial charge in [-0.3, -0.25) is 9.48 Å². The highest BCUT2D eigenvalue weighted by Crippen LogP contribution is 2.24. The van der Waals surface area contributed by atoms with E-state index in [4.69, 9.17) is 11.6 Å². The van der Waals surface area contributed by atoms with E-state index >= 15 is 0 Å². The fraction of sp³-hybridized carbons (Fsp3) is 0.167. The number of hydrogen-bond acceptors (Lipinski definition) is 2. The molecule has 2 aromatic rings. The van der Waals surface area contributed by atoms with Gasteiger partial charge in [-0.25, -0.2) is 0 Å². The van der Waals surface area contributed by atoms with Crippen molar-refractivity contribution < 1.29 is 4.79 Å². The summed E-state index contributed by atoms with van der Waals surface area (Å²) in [6.45, 7) is 1.89. The minimum atomic E-state index is -0.117. The van der Waals surface area contributed by atoms with Gasteiger partial charge in [0.25, 0.3) is 0 Å². The Labute approximate surface area is 113 Å². The van der Waals surface area contributed by atoms with Crippen molar-refractivity contribution in [3.05, 3.63) is 50.7 Å². The first kappa shape index (κ1) is 12.3. The van der Waals surface area contributed by atoms with E-state index in [2.05, 4.69) is 21.0 Å². The SMILES string of the molecule is Cc1c(Br)cccc1C(=O)c1c(Cl)cnn1C. The summed E-state index contributed by atoms with van der Waals surface area (Å²) < 4.78 is 2.40. The molecule has 88 valence electrons. The highest BCUT2D eigenvalue weighted by Gasteiger charge is 2.19. The highest BCUT2D eigenvalue weighted by atomic mass is 79.9. The number of aromatic nitrogens is 2. The van der Waals surface area contributed by atoms with Crippen LogP contribution in [0.3, 0.4) is 0 Å². The fourth-order valence-corrected chi connectivity index (χ4v) is 2.27. The van der Waals surface area contributed by atoms with Crippen molar-refractivity contribution in [2.24, 2.45) is 7.05 Å². The van der Waals surface area contributed by atoms with Gasteiger partial charge in [-0.05, 0) is 18.6 Å². The lowest BCUT2D eigenvalue weighted by atomic mass is 10.0. The molecule has 0 saturated carbocycles. The minimum Gasteiger partial charge on any atom is -0.287 e. The van der Waals surface area contributed by atoms with Gasteiger partial charge >= 0.3 is 0 Å². The van der Waals surface area contributed by atoms with Crippen molar-refractivity contribution in [2.75, 3.05) is 0 Å². The predicted octanol–water partition coefficient (Wildman–Crippen LogP) is 3.38. The lowest BCUT2D eigenvalue weighted by molar-refractivity contribution is 0.103. The molecule has 0 fully saturated rings. The molecule has 1 aromatic carbocycles. The molecule has 5 heteroatoms. The van der Waals surface area contributed by atoms with Crippen molar-refractivity contribution in [3.8, 4) is 0 Å². The second-order valence-electron chi connectivity index (χ2n) is 3.71. The van der Waals surface area contributed by atoms with Crippen LogP contribution in [0.15, 0.2) is 28.9 Å². The summed E-state index contributed by atoms with van der Waals surface area (Å²) in [5.74, 6) is -0.117. The Morgan fingerprint density at radius 2 is 2.18 bits per heavy atom. The Balaban J connectivity index is 2.55. The van der Waals surface area contributed by atoms with Crippen LogP contribution in [0.2, 0.25) is 5.02 Å². The Hall–Kier alpha value is -1.13. The molecular formula is C12H10BrClN2O. The van der Waals surface area contributed by atoms with E-state index in [9.17, 15) is 4.79 Å². The van der Waals surface area contributed by atoms with Gasteiger partial charge in [-0.2, -0.15) is 5.10 Å². The number of aryl methyl sites for hydroxylation is 1. The van der Waals surface area contributed by atoms with Gasteiger partial charge in [0.1, 0.15) is 5.69 Å². The fourth-order valence-electron chi connectivity index (χ4n) is 1.65. The normalized spacial score (nSPS) is 10.6. The molecule has 0 atom stereocenters. The predicted molar refractivity (Wildman–Crippen MR) is 70.5 cm³/mol. The van der Waals surface area contributed by atoms with Crippen molar-refractivity contribution in [3.63, 3.8) is 0 Å². The first-order valence-electron chi connectivity index (χ1n) is 4.99. The number of carbonyl (C=O) groups is 1. The summed E-state index contributed by atoms with van der Waals surface area (Å²) in [4.78, 5) is 12.4. The zero-order valence-electron chi connectivity index (χ0n) is 9.37. The van der Waals surface area contributed by atoms with Crippen LogP contribution in [-0.4, -0.2) is 15.6 Å². The first-order chi connectivity index (χ1) is 8.02. The van der Waals surface area contributed by atoms with Gasteiger partial charge < -0.3 is 0 Å². The summed E-state index contributed by atoms with van der Waals surface area (Å²) >= 11 is 9.37. The summed E-state index contributed by atoms with van der Waals surface area (Å²) in [5.41, 5.74) is 1.94. The van der Waals surface area contributed by atoms with Crippen molar-refractivity contribution >= 4 is 33.3 Å². The molecule has 0 bridgehead atoms. The molecule has 0 aliphatic heterocycles. The molecule has 0 aliphatic carbocycles. The van der Waals surface area contributed by atoms with E-state index in [1.165, 1.54) is 10.9 Å². The van der Waals surface area contributed by atoms with Gasteiger partial charge in [0, 0.05) is 17.1 Å². The average molecular weight is 314 g/mol. The standard InChI is InChI=1S/C12H10BrClN2O/c1-7-8(4-3-5-9(7)13)12(17)11-10(14)6-15-16(11)2/h3-6H,1-2H3. The largest absolute Gasteiger partial charge is 0.287 e. The van der Waals surface area contributed by atoms with E-state index in [1.807, 2.05) is 19.1 Å². The topological polar surface area (TPSA) is 34.9 Å². The van der Waals surface area contributed by atoms with Crippen LogP contribution in [0.4, 0.5) is 0 Å². The maximum atomic E-state index is 12.4. The van der Waals surface area contributed by atoms with Crippen molar-refractivity contribution in [1.29, 1.82) is 0 Å². The number of benzene rings is 1. The van der Waals surface area contributed by atoms with Crippen LogP contribution in [0.5, 0.6) is 0 Å². The number of halogens is 2. The van der Waals surface area contributed by atoms with E-state index in [1.54, 1.807) is 13.1 Å². The zero-order chi connectivity index (χ0) is 12.6. The maximum Gasteiger partial charge on any atom is 0.212 e. The Morgan fingerprint density at radius 3 is 2.76 bits per heavy atom. The Kier molecular flexibility index (Phi) is 3.35. The molecule has 0 radical (unpaired) electrons. The molecule has 0 N–H and O–H groups in total. The minimum absolute atomic E-state index is 0.117. The molecule has 0 spiro atoms. The molecule has 2 rings (SSSR count). The van der Waals surface area contributed by atoms with Crippen LogP contribution in [-0.2, 0) is 7.05 Å². The van der Waals surface area contributed by atoms with Gasteiger partial charge in [0.05, 0.1) is 11.2 Å². The molecule has 1 heterocycles. The Bertz CT molecular complexity index is 573. The van der Waals surface area contributed by atoms with Crippen LogP contribution in [0.1, 0.15) is 21.6 Å². The molecule has 0 unspecified atom stereocenters. The molecule has 0 aliphatic rings. The highest BCUT2D eigenvalue weighted by molar-refractivity contribution is 9.10. The second-order valence-corrected chi connectivity index (χ2v) is 4.97. The van der Waals surface area contributed by atoms with Crippen LogP contribution in [0, 0.1) is 6.92 Å². The zero-order valence-corrected chi connectivity index (χ0v) is 11.7. The smallest absolute Gasteiger partial charge is 0.212 e. The third kappa shape index (κ3) is 2.15. The monoisotopic (exact) mass is 312 g/mol. The van der Waals surface area contributed by atoms with Crippen molar-refractivity contribution in [1.82, 2.24) is 9.78 Å². The molecular weight excluding hydrogens is 304 g/mol. The second kappa shape index (κ2) is 4.63. The number of nitrogens with zero attached hydrogens (tertiary/aromatic N) is 2. The maximum absolute atomic E-state index is 12.4. The summed E-state index contributed by atoms with van der Waals surface area (Å²) in [6.07, 6.45) is 1.47.